The fourth-order valence-electron chi connectivity index (χ4n) is 2.18. The van der Waals surface area contributed by atoms with Gasteiger partial charge in [-0.3, -0.25) is 9.59 Å². The number of amides is 1. The van der Waals surface area contributed by atoms with Crippen molar-refractivity contribution >= 4 is 52.2 Å². The molecule has 1 heterocycles. The Labute approximate surface area is 167 Å². The molecule has 3 rings (SSSR count). The van der Waals surface area contributed by atoms with Crippen molar-refractivity contribution < 1.29 is 27.5 Å². The molecule has 3 aromatic rings. The van der Waals surface area contributed by atoms with Gasteiger partial charge in [-0.15, -0.1) is 0 Å². The summed E-state index contributed by atoms with van der Waals surface area (Å²) in [5, 5.41) is 2.77. The number of nitrogens with zero attached hydrogens (tertiary/aromatic N) is 1. The predicted molar refractivity (Wildman–Crippen MR) is 103 cm³/mol. The van der Waals surface area contributed by atoms with Crippen LogP contribution in [0.15, 0.2) is 63.1 Å². The minimum absolute atomic E-state index is 0.0854. The number of esters is 1. The zero-order valence-corrected chi connectivity index (χ0v) is 15.9. The molecule has 146 valence electrons. The highest BCUT2D eigenvalue weighted by molar-refractivity contribution is 8.00. The maximum atomic E-state index is 12.6. The number of nitrogens with one attached hydrogen (secondary N) is 1. The quantitative estimate of drug-likeness (QED) is 0.424. The lowest BCUT2D eigenvalue weighted by molar-refractivity contribution is -0.144. The van der Waals surface area contributed by atoms with E-state index in [1.165, 1.54) is 12.1 Å². The summed E-state index contributed by atoms with van der Waals surface area (Å²) in [5.41, 5.74) is 1.52. The molecule has 6 nitrogen and oxygen atoms in total. The molecule has 0 atom stereocenters. The molecule has 0 saturated heterocycles. The van der Waals surface area contributed by atoms with Gasteiger partial charge in [0.1, 0.15) is 11.3 Å². The van der Waals surface area contributed by atoms with Gasteiger partial charge in [0.15, 0.2) is 12.2 Å². The minimum Gasteiger partial charge on any atom is -0.455 e. The van der Waals surface area contributed by atoms with Gasteiger partial charge in [-0.25, -0.2) is 4.98 Å². The van der Waals surface area contributed by atoms with Gasteiger partial charge < -0.3 is 14.5 Å². The van der Waals surface area contributed by atoms with Crippen LogP contribution in [0.3, 0.4) is 0 Å². The molecule has 0 aliphatic heterocycles. The summed E-state index contributed by atoms with van der Waals surface area (Å²) in [5.74, 6) is -3.95. The van der Waals surface area contributed by atoms with Gasteiger partial charge in [0.2, 0.25) is 0 Å². The number of ether oxygens (including phenoxy) is 1. The van der Waals surface area contributed by atoms with Gasteiger partial charge in [0, 0.05) is 4.90 Å². The number of hydrogen-bond acceptors (Lipinski definition) is 7. The van der Waals surface area contributed by atoms with Crippen LogP contribution in [-0.2, 0) is 14.3 Å². The molecule has 0 bridgehead atoms. The standard InChI is InChI=1S/C18H14F2N2O4S2/c19-17(20)28-14-8-4-2-6-12(14)21-15(23)9-25-16(24)10-27-18-22-11-5-1-3-7-13(11)26-18/h1-8,17H,9-10H2,(H,21,23). The second-order valence-electron chi connectivity index (χ2n) is 5.32. The van der Waals surface area contributed by atoms with E-state index in [1.807, 2.05) is 12.1 Å². The molecule has 0 fully saturated rings. The second kappa shape index (κ2) is 9.56. The van der Waals surface area contributed by atoms with Crippen LogP contribution in [0, 0.1) is 0 Å². The predicted octanol–water partition coefficient (Wildman–Crippen LogP) is 4.42. The second-order valence-corrected chi connectivity index (χ2v) is 7.28. The summed E-state index contributed by atoms with van der Waals surface area (Å²) in [7, 11) is 0. The smallest absolute Gasteiger partial charge is 0.316 e. The third-order valence-corrected chi connectivity index (χ3v) is 4.92. The Balaban J connectivity index is 1.46. The maximum Gasteiger partial charge on any atom is 0.316 e. The Morgan fingerprint density at radius 2 is 1.89 bits per heavy atom. The molecule has 1 N–H and O–H groups in total. The molecule has 0 unspecified atom stereocenters. The molecule has 28 heavy (non-hydrogen) atoms. The van der Waals surface area contributed by atoms with Crippen molar-refractivity contribution in [3.63, 3.8) is 0 Å². The van der Waals surface area contributed by atoms with Crippen LogP contribution in [-0.4, -0.2) is 35.0 Å². The van der Waals surface area contributed by atoms with E-state index < -0.39 is 24.2 Å². The number of aromatic nitrogens is 1. The monoisotopic (exact) mass is 424 g/mol. The van der Waals surface area contributed by atoms with E-state index in [4.69, 9.17) is 9.15 Å². The number of thioether (sulfide) groups is 2. The average Bonchev–Trinajstić information content (AvgIpc) is 3.09. The number of carbonyl (C=O) groups is 2. The van der Waals surface area contributed by atoms with E-state index in [0.29, 0.717) is 28.1 Å². The van der Waals surface area contributed by atoms with E-state index in [2.05, 4.69) is 10.3 Å². The highest BCUT2D eigenvalue weighted by Gasteiger charge is 2.14. The Kier molecular flexibility index (Phi) is 6.88. The summed E-state index contributed by atoms with van der Waals surface area (Å²) < 4.78 is 35.5. The molecular formula is C18H14F2N2O4S2. The number of fused-ring (bicyclic) bond motifs is 1. The summed E-state index contributed by atoms with van der Waals surface area (Å²) in [4.78, 5) is 28.2. The lowest BCUT2D eigenvalue weighted by Gasteiger charge is -2.10. The highest BCUT2D eigenvalue weighted by atomic mass is 32.2. The van der Waals surface area contributed by atoms with Gasteiger partial charge in [-0.2, -0.15) is 8.78 Å². The molecule has 0 saturated carbocycles. The molecule has 0 aliphatic carbocycles. The summed E-state index contributed by atoms with van der Waals surface area (Å²) in [6.07, 6.45) is 0. The number of alkyl halides is 2. The van der Waals surface area contributed by atoms with E-state index in [9.17, 15) is 18.4 Å². The van der Waals surface area contributed by atoms with Crippen LogP contribution in [0.4, 0.5) is 14.5 Å². The summed E-state index contributed by atoms with van der Waals surface area (Å²) in [6, 6.07) is 13.3. The zero-order valence-electron chi connectivity index (χ0n) is 14.3. The Morgan fingerprint density at radius 1 is 1.14 bits per heavy atom. The van der Waals surface area contributed by atoms with Crippen LogP contribution in [0.25, 0.3) is 11.1 Å². The number of benzene rings is 2. The van der Waals surface area contributed by atoms with Gasteiger partial charge in [-0.05, 0) is 24.3 Å². The van der Waals surface area contributed by atoms with Crippen LogP contribution in [0.5, 0.6) is 0 Å². The molecule has 0 aliphatic rings. The summed E-state index contributed by atoms with van der Waals surface area (Å²) >= 11 is 1.37. The third kappa shape index (κ3) is 5.70. The van der Waals surface area contributed by atoms with Gasteiger partial charge >= 0.3 is 5.97 Å². The largest absolute Gasteiger partial charge is 0.455 e. The number of para-hydroxylation sites is 3. The first-order valence-corrected chi connectivity index (χ1v) is 9.85. The third-order valence-electron chi connectivity index (χ3n) is 3.33. The maximum absolute atomic E-state index is 12.6. The molecule has 1 aromatic heterocycles. The molecule has 1 amide bonds. The first-order chi connectivity index (χ1) is 13.5. The van der Waals surface area contributed by atoms with Crippen molar-refractivity contribution in [2.24, 2.45) is 0 Å². The topological polar surface area (TPSA) is 81.4 Å². The summed E-state index contributed by atoms with van der Waals surface area (Å²) in [6.45, 7) is -0.527. The zero-order chi connectivity index (χ0) is 19.9. The van der Waals surface area contributed by atoms with E-state index in [0.717, 1.165) is 11.8 Å². The number of anilines is 1. The highest BCUT2D eigenvalue weighted by Crippen LogP contribution is 2.31. The first kappa shape index (κ1) is 20.2. The fraction of sp³-hybridized carbons (Fsp3) is 0.167. The SMILES string of the molecule is O=C(COC(=O)CSc1nc2ccccc2o1)Nc1ccccc1SC(F)F. The van der Waals surface area contributed by atoms with Crippen LogP contribution >= 0.6 is 23.5 Å². The van der Waals surface area contributed by atoms with E-state index in [-0.39, 0.29) is 16.3 Å². The molecule has 10 heteroatoms. The molecule has 0 radical (unpaired) electrons. The Morgan fingerprint density at radius 3 is 2.68 bits per heavy atom. The number of hydrogen-bond donors (Lipinski definition) is 1. The molecular weight excluding hydrogens is 410 g/mol. The lowest BCUT2D eigenvalue weighted by Crippen LogP contribution is -2.22. The number of oxazole rings is 1. The molecule has 2 aromatic carbocycles. The Hall–Kier alpha value is -2.59. The number of rotatable bonds is 8. The number of carbonyl (C=O) groups excluding carboxylic acids is 2. The lowest BCUT2D eigenvalue weighted by atomic mass is 10.3. The van der Waals surface area contributed by atoms with Crippen molar-refractivity contribution in [1.29, 1.82) is 0 Å². The van der Waals surface area contributed by atoms with Crippen LogP contribution in [0.2, 0.25) is 0 Å². The Bertz CT molecular complexity index is 948. The van der Waals surface area contributed by atoms with Crippen LogP contribution in [0.1, 0.15) is 0 Å². The van der Waals surface area contributed by atoms with Crippen molar-refractivity contribution in [1.82, 2.24) is 4.98 Å². The van der Waals surface area contributed by atoms with Gasteiger partial charge in [-0.1, -0.05) is 47.8 Å². The fourth-order valence-corrected chi connectivity index (χ4v) is 3.41. The first-order valence-electron chi connectivity index (χ1n) is 7.99. The van der Waals surface area contributed by atoms with E-state index in [1.54, 1.807) is 24.3 Å². The minimum atomic E-state index is -2.61. The van der Waals surface area contributed by atoms with Crippen molar-refractivity contribution in [2.45, 2.75) is 15.9 Å². The van der Waals surface area contributed by atoms with Crippen molar-refractivity contribution in [2.75, 3.05) is 17.7 Å². The van der Waals surface area contributed by atoms with Crippen LogP contribution < -0.4 is 5.32 Å². The molecule has 0 spiro atoms. The normalized spacial score (nSPS) is 11.0. The van der Waals surface area contributed by atoms with Crippen molar-refractivity contribution in [3.8, 4) is 0 Å². The number of halogens is 2. The average molecular weight is 424 g/mol. The van der Waals surface area contributed by atoms with Crippen molar-refractivity contribution in [3.05, 3.63) is 48.5 Å². The van der Waals surface area contributed by atoms with Gasteiger partial charge in [0.25, 0.3) is 16.9 Å². The van der Waals surface area contributed by atoms with Gasteiger partial charge in [0.05, 0.1) is 5.69 Å². The van der Waals surface area contributed by atoms with E-state index >= 15 is 0 Å².